The largest absolute Gasteiger partial charge is 0.356 e. The van der Waals surface area contributed by atoms with Crippen molar-refractivity contribution in [3.8, 4) is 0 Å². The van der Waals surface area contributed by atoms with Gasteiger partial charge in [0.25, 0.3) is 0 Å². The molecule has 5 heteroatoms. The first kappa shape index (κ1) is 13.6. The third-order valence-corrected chi connectivity index (χ3v) is 4.41. The molecule has 0 amide bonds. The van der Waals surface area contributed by atoms with Gasteiger partial charge in [0.15, 0.2) is 0 Å². The van der Waals surface area contributed by atoms with Crippen LogP contribution in [0.5, 0.6) is 0 Å². The minimum Gasteiger partial charge on any atom is -0.356 e. The fraction of sp³-hybridized carbons (Fsp3) is 0.733. The average Bonchev–Trinajstić information content (AvgIpc) is 2.56. The normalized spacial score (nSPS) is 21.2. The molecule has 0 aromatic carbocycles. The van der Waals surface area contributed by atoms with Gasteiger partial charge < -0.3 is 14.7 Å². The summed E-state index contributed by atoms with van der Waals surface area (Å²) in [7, 11) is 0. The average molecular weight is 275 g/mol. The number of likely N-dealkylation sites (N-methyl/N-ethyl adjacent to an activating group) is 1. The third-order valence-electron chi connectivity index (χ3n) is 4.41. The zero-order valence-corrected chi connectivity index (χ0v) is 12.5. The van der Waals surface area contributed by atoms with Crippen LogP contribution in [0.4, 0.5) is 11.8 Å². The van der Waals surface area contributed by atoms with E-state index in [1.165, 1.54) is 19.3 Å². The van der Waals surface area contributed by atoms with E-state index in [1.54, 1.807) is 0 Å². The predicted molar refractivity (Wildman–Crippen MR) is 82.4 cm³/mol. The molecule has 5 nitrogen and oxygen atoms in total. The predicted octanol–water partition coefficient (Wildman–Crippen LogP) is 1.61. The third kappa shape index (κ3) is 3.03. The van der Waals surface area contributed by atoms with Crippen molar-refractivity contribution >= 4 is 11.8 Å². The number of rotatable bonds is 3. The highest BCUT2D eigenvalue weighted by atomic mass is 15.3. The molecule has 20 heavy (non-hydrogen) atoms. The van der Waals surface area contributed by atoms with Gasteiger partial charge in [0.2, 0.25) is 5.95 Å². The van der Waals surface area contributed by atoms with Gasteiger partial charge in [-0.3, -0.25) is 0 Å². The fourth-order valence-electron chi connectivity index (χ4n) is 3.05. The number of anilines is 2. The van der Waals surface area contributed by atoms with Gasteiger partial charge in [0.05, 0.1) is 0 Å². The first-order valence-electron chi connectivity index (χ1n) is 7.92. The summed E-state index contributed by atoms with van der Waals surface area (Å²) in [6, 6.07) is 2.05. The van der Waals surface area contributed by atoms with E-state index in [4.69, 9.17) is 4.98 Å². The van der Waals surface area contributed by atoms with Gasteiger partial charge in [-0.25, -0.2) is 4.98 Å². The number of hydrogen-bond donors (Lipinski definition) is 0. The Balaban J connectivity index is 1.68. The molecule has 0 radical (unpaired) electrons. The molecular weight excluding hydrogens is 250 g/mol. The zero-order valence-electron chi connectivity index (χ0n) is 12.5. The van der Waals surface area contributed by atoms with E-state index in [1.807, 2.05) is 6.20 Å². The first-order chi connectivity index (χ1) is 9.86. The maximum Gasteiger partial charge on any atom is 0.227 e. The van der Waals surface area contributed by atoms with Crippen molar-refractivity contribution in [2.24, 2.45) is 0 Å². The number of piperazine rings is 1. The minimum atomic E-state index is 0.906. The van der Waals surface area contributed by atoms with E-state index in [0.29, 0.717) is 0 Å². The lowest BCUT2D eigenvalue weighted by atomic mass is 10.1. The maximum atomic E-state index is 4.79. The lowest BCUT2D eigenvalue weighted by molar-refractivity contribution is 0.270. The molecule has 0 aliphatic carbocycles. The number of hydrogen-bond acceptors (Lipinski definition) is 5. The summed E-state index contributed by atoms with van der Waals surface area (Å²) in [4.78, 5) is 16.5. The summed E-state index contributed by atoms with van der Waals surface area (Å²) in [6.07, 6.45) is 5.84. The summed E-state index contributed by atoms with van der Waals surface area (Å²) < 4.78 is 0. The second-order valence-electron chi connectivity index (χ2n) is 5.68. The molecule has 0 saturated carbocycles. The van der Waals surface area contributed by atoms with Crippen molar-refractivity contribution in [2.45, 2.75) is 26.2 Å². The van der Waals surface area contributed by atoms with Crippen LogP contribution in [0.2, 0.25) is 0 Å². The van der Waals surface area contributed by atoms with Crippen LogP contribution in [0.1, 0.15) is 26.2 Å². The zero-order chi connectivity index (χ0) is 13.8. The van der Waals surface area contributed by atoms with Crippen LogP contribution >= 0.6 is 0 Å². The van der Waals surface area contributed by atoms with Crippen molar-refractivity contribution in [1.29, 1.82) is 0 Å². The highest BCUT2D eigenvalue weighted by molar-refractivity contribution is 5.44. The van der Waals surface area contributed by atoms with Gasteiger partial charge in [-0.2, -0.15) is 4.98 Å². The Morgan fingerprint density at radius 1 is 0.950 bits per heavy atom. The molecule has 3 heterocycles. The van der Waals surface area contributed by atoms with Gasteiger partial charge >= 0.3 is 0 Å². The molecule has 0 unspecified atom stereocenters. The van der Waals surface area contributed by atoms with Gasteiger partial charge in [-0.05, 0) is 31.9 Å². The van der Waals surface area contributed by atoms with Crippen LogP contribution in [0.25, 0.3) is 0 Å². The van der Waals surface area contributed by atoms with Gasteiger partial charge in [0, 0.05) is 45.5 Å². The molecule has 1 aromatic rings. The van der Waals surface area contributed by atoms with Crippen molar-refractivity contribution < 1.29 is 0 Å². The summed E-state index contributed by atoms with van der Waals surface area (Å²) in [6.45, 7) is 9.96. The Bertz CT molecular complexity index is 422. The molecule has 0 atom stereocenters. The molecule has 0 N–H and O–H groups in total. The standard InChI is InChI=1S/C15H25N5/c1-2-18-10-12-20(13-11-18)15-16-7-6-14(17-15)19-8-4-3-5-9-19/h6-7H,2-5,8-13H2,1H3. The van der Waals surface area contributed by atoms with Crippen LogP contribution in [0, 0.1) is 0 Å². The van der Waals surface area contributed by atoms with Crippen LogP contribution in [0.15, 0.2) is 12.3 Å². The Hall–Kier alpha value is -1.36. The molecule has 0 spiro atoms. The highest BCUT2D eigenvalue weighted by Gasteiger charge is 2.19. The number of nitrogens with zero attached hydrogens (tertiary/aromatic N) is 5. The molecule has 2 fully saturated rings. The summed E-state index contributed by atoms with van der Waals surface area (Å²) in [5.41, 5.74) is 0. The Kier molecular flexibility index (Phi) is 4.35. The quantitative estimate of drug-likeness (QED) is 0.837. The molecule has 1 aromatic heterocycles. The fourth-order valence-corrected chi connectivity index (χ4v) is 3.05. The molecule has 110 valence electrons. The van der Waals surface area contributed by atoms with E-state index in [0.717, 1.165) is 57.6 Å². The smallest absolute Gasteiger partial charge is 0.227 e. The second-order valence-corrected chi connectivity index (χ2v) is 5.68. The summed E-state index contributed by atoms with van der Waals surface area (Å²) >= 11 is 0. The Morgan fingerprint density at radius 2 is 1.70 bits per heavy atom. The second kappa shape index (κ2) is 6.39. The lowest BCUT2D eigenvalue weighted by Crippen LogP contribution is -2.46. The monoisotopic (exact) mass is 275 g/mol. The Morgan fingerprint density at radius 3 is 2.40 bits per heavy atom. The van der Waals surface area contributed by atoms with E-state index in [-0.39, 0.29) is 0 Å². The molecule has 2 aliphatic rings. The minimum absolute atomic E-state index is 0.906. The van der Waals surface area contributed by atoms with Crippen LogP contribution in [-0.2, 0) is 0 Å². The topological polar surface area (TPSA) is 35.5 Å². The molecule has 2 aliphatic heterocycles. The highest BCUT2D eigenvalue weighted by Crippen LogP contribution is 2.20. The molecule has 2 saturated heterocycles. The van der Waals surface area contributed by atoms with E-state index in [9.17, 15) is 0 Å². The van der Waals surface area contributed by atoms with Gasteiger partial charge in [-0.15, -0.1) is 0 Å². The van der Waals surface area contributed by atoms with Crippen molar-refractivity contribution in [3.63, 3.8) is 0 Å². The first-order valence-corrected chi connectivity index (χ1v) is 7.92. The van der Waals surface area contributed by atoms with Crippen molar-refractivity contribution in [1.82, 2.24) is 14.9 Å². The van der Waals surface area contributed by atoms with Gasteiger partial charge in [0.1, 0.15) is 5.82 Å². The Labute approximate surface area is 121 Å². The molecular formula is C15H25N5. The summed E-state index contributed by atoms with van der Waals surface area (Å²) in [5, 5.41) is 0. The molecule has 3 rings (SSSR count). The van der Waals surface area contributed by atoms with E-state index >= 15 is 0 Å². The van der Waals surface area contributed by atoms with Crippen LogP contribution < -0.4 is 9.80 Å². The van der Waals surface area contributed by atoms with Crippen LogP contribution in [-0.4, -0.2) is 60.7 Å². The SMILES string of the molecule is CCN1CCN(c2nccc(N3CCCCC3)n2)CC1. The van der Waals surface area contributed by atoms with E-state index < -0.39 is 0 Å². The lowest BCUT2D eigenvalue weighted by Gasteiger charge is -2.34. The van der Waals surface area contributed by atoms with Crippen molar-refractivity contribution in [3.05, 3.63) is 12.3 Å². The number of aromatic nitrogens is 2. The maximum absolute atomic E-state index is 4.79. The van der Waals surface area contributed by atoms with Crippen LogP contribution in [0.3, 0.4) is 0 Å². The van der Waals surface area contributed by atoms with Crippen molar-refractivity contribution in [2.75, 3.05) is 55.6 Å². The van der Waals surface area contributed by atoms with Gasteiger partial charge in [-0.1, -0.05) is 6.92 Å². The number of piperidine rings is 1. The van der Waals surface area contributed by atoms with E-state index in [2.05, 4.69) is 32.7 Å². The summed E-state index contributed by atoms with van der Waals surface area (Å²) in [5.74, 6) is 2.01. The molecule has 0 bridgehead atoms.